The normalized spacial score (nSPS) is 15.6. The molecule has 0 spiro atoms. The molecule has 1 atom stereocenters. The number of ether oxygens (including phenoxy) is 1. The van der Waals surface area contributed by atoms with E-state index in [0.29, 0.717) is 26.0 Å². The Hall–Kier alpha value is -0.610. The zero-order chi connectivity index (χ0) is 13.5. The first-order valence-corrected chi connectivity index (χ1v) is 6.40. The van der Waals surface area contributed by atoms with Crippen molar-refractivity contribution in [1.82, 2.24) is 5.32 Å². The largest absolute Gasteiger partial charge is 0.480 e. The van der Waals surface area contributed by atoms with Gasteiger partial charge in [0, 0.05) is 6.61 Å². The standard InChI is InChI=1S/C13H27NO3/c1-6-13(11(15)16,14-7-2)9-8-10-17-12(3,4)5/h14H,6-10H2,1-5H3,(H,15,16). The lowest BCUT2D eigenvalue weighted by Gasteiger charge is -2.29. The first-order chi connectivity index (χ1) is 7.77. The predicted octanol–water partition coefficient (Wildman–Crippen LogP) is 2.42. The fourth-order valence-corrected chi connectivity index (χ4v) is 1.81. The van der Waals surface area contributed by atoms with E-state index in [2.05, 4.69) is 5.32 Å². The molecular formula is C13H27NO3. The minimum atomic E-state index is -0.796. The molecule has 4 nitrogen and oxygen atoms in total. The van der Waals surface area contributed by atoms with Crippen LogP contribution in [0.2, 0.25) is 0 Å². The fraction of sp³-hybridized carbons (Fsp3) is 0.923. The van der Waals surface area contributed by atoms with Crippen LogP contribution in [0.25, 0.3) is 0 Å². The third-order valence-corrected chi connectivity index (χ3v) is 2.81. The molecule has 0 aliphatic rings. The summed E-state index contributed by atoms with van der Waals surface area (Å²) < 4.78 is 5.61. The van der Waals surface area contributed by atoms with Crippen LogP contribution in [0, 0.1) is 0 Å². The highest BCUT2D eigenvalue weighted by atomic mass is 16.5. The Labute approximate surface area is 105 Å². The molecule has 2 N–H and O–H groups in total. The monoisotopic (exact) mass is 245 g/mol. The second-order valence-corrected chi connectivity index (χ2v) is 5.34. The molecule has 0 bridgehead atoms. The number of aliphatic carboxylic acids is 1. The van der Waals surface area contributed by atoms with Crippen molar-refractivity contribution in [3.8, 4) is 0 Å². The molecule has 0 radical (unpaired) electrons. The maximum atomic E-state index is 11.3. The minimum Gasteiger partial charge on any atom is -0.480 e. The Kier molecular flexibility index (Phi) is 6.72. The van der Waals surface area contributed by atoms with Gasteiger partial charge in [0.05, 0.1) is 5.60 Å². The third kappa shape index (κ3) is 6.03. The number of likely N-dealkylation sites (N-methyl/N-ethyl adjacent to an activating group) is 1. The molecule has 0 aromatic rings. The Morgan fingerprint density at radius 2 is 1.88 bits per heavy atom. The van der Waals surface area contributed by atoms with E-state index in [0.717, 1.165) is 6.42 Å². The van der Waals surface area contributed by atoms with Gasteiger partial charge in [-0.1, -0.05) is 13.8 Å². The molecule has 4 heteroatoms. The van der Waals surface area contributed by atoms with Gasteiger partial charge in [0.1, 0.15) is 5.54 Å². The molecule has 0 aromatic heterocycles. The van der Waals surface area contributed by atoms with Crippen LogP contribution in [0.4, 0.5) is 0 Å². The minimum absolute atomic E-state index is 0.156. The van der Waals surface area contributed by atoms with Crippen LogP contribution in [-0.2, 0) is 9.53 Å². The van der Waals surface area contributed by atoms with Gasteiger partial charge < -0.3 is 15.2 Å². The van der Waals surface area contributed by atoms with Crippen molar-refractivity contribution in [2.45, 2.75) is 65.0 Å². The zero-order valence-corrected chi connectivity index (χ0v) is 11.8. The molecule has 0 rings (SSSR count). The van der Waals surface area contributed by atoms with E-state index in [4.69, 9.17) is 4.74 Å². The van der Waals surface area contributed by atoms with Crippen molar-refractivity contribution in [3.63, 3.8) is 0 Å². The number of carboxylic acids is 1. The van der Waals surface area contributed by atoms with Crippen LogP contribution in [0.1, 0.15) is 53.9 Å². The number of nitrogens with one attached hydrogen (secondary N) is 1. The van der Waals surface area contributed by atoms with E-state index in [1.807, 2.05) is 34.6 Å². The summed E-state index contributed by atoms with van der Waals surface area (Å²) in [5, 5.41) is 12.4. The third-order valence-electron chi connectivity index (χ3n) is 2.81. The van der Waals surface area contributed by atoms with Gasteiger partial charge in [-0.2, -0.15) is 0 Å². The Balaban J connectivity index is 4.22. The number of hydrogen-bond acceptors (Lipinski definition) is 3. The smallest absolute Gasteiger partial charge is 0.323 e. The quantitative estimate of drug-likeness (QED) is 0.645. The Morgan fingerprint density at radius 1 is 1.29 bits per heavy atom. The van der Waals surface area contributed by atoms with E-state index in [1.165, 1.54) is 0 Å². The summed E-state index contributed by atoms with van der Waals surface area (Å²) in [6.45, 7) is 11.1. The van der Waals surface area contributed by atoms with Gasteiger partial charge in [-0.05, 0) is 46.6 Å². The maximum Gasteiger partial charge on any atom is 0.323 e. The number of carbonyl (C=O) groups is 1. The summed E-state index contributed by atoms with van der Waals surface area (Å²) in [5.41, 5.74) is -0.952. The van der Waals surface area contributed by atoms with Crippen molar-refractivity contribution in [1.29, 1.82) is 0 Å². The van der Waals surface area contributed by atoms with Gasteiger partial charge in [0.25, 0.3) is 0 Å². The molecule has 0 saturated carbocycles. The molecule has 0 aliphatic carbocycles. The Morgan fingerprint density at radius 3 is 2.24 bits per heavy atom. The SMILES string of the molecule is CCNC(CC)(CCCOC(C)(C)C)C(=O)O. The van der Waals surface area contributed by atoms with Crippen LogP contribution in [-0.4, -0.2) is 35.4 Å². The van der Waals surface area contributed by atoms with E-state index in [1.54, 1.807) is 0 Å². The first-order valence-electron chi connectivity index (χ1n) is 6.40. The summed E-state index contributed by atoms with van der Waals surface area (Å²) in [7, 11) is 0. The number of carboxylic acid groups (broad SMARTS) is 1. The van der Waals surface area contributed by atoms with E-state index in [9.17, 15) is 9.90 Å². The Bertz CT molecular complexity index is 235. The fourth-order valence-electron chi connectivity index (χ4n) is 1.81. The average molecular weight is 245 g/mol. The van der Waals surface area contributed by atoms with Crippen molar-refractivity contribution < 1.29 is 14.6 Å². The van der Waals surface area contributed by atoms with Gasteiger partial charge in [-0.3, -0.25) is 4.79 Å². The summed E-state index contributed by atoms with van der Waals surface area (Å²) in [6.07, 6.45) is 1.94. The topological polar surface area (TPSA) is 58.6 Å². The summed E-state index contributed by atoms with van der Waals surface area (Å²) >= 11 is 0. The van der Waals surface area contributed by atoms with Gasteiger partial charge >= 0.3 is 5.97 Å². The molecule has 17 heavy (non-hydrogen) atoms. The molecule has 0 amide bonds. The molecule has 1 unspecified atom stereocenters. The molecule has 0 fully saturated rings. The number of rotatable bonds is 8. The van der Waals surface area contributed by atoms with Crippen LogP contribution in [0.15, 0.2) is 0 Å². The number of hydrogen-bond donors (Lipinski definition) is 2. The van der Waals surface area contributed by atoms with Crippen LogP contribution >= 0.6 is 0 Å². The van der Waals surface area contributed by atoms with Crippen molar-refractivity contribution in [3.05, 3.63) is 0 Å². The van der Waals surface area contributed by atoms with Crippen molar-refractivity contribution in [2.24, 2.45) is 0 Å². The highest BCUT2D eigenvalue weighted by molar-refractivity contribution is 5.78. The maximum absolute atomic E-state index is 11.3. The first kappa shape index (κ1) is 16.4. The second kappa shape index (κ2) is 6.97. The molecule has 102 valence electrons. The van der Waals surface area contributed by atoms with Crippen LogP contribution in [0.3, 0.4) is 0 Å². The molecule has 0 heterocycles. The highest BCUT2D eigenvalue weighted by Gasteiger charge is 2.34. The van der Waals surface area contributed by atoms with E-state index in [-0.39, 0.29) is 5.60 Å². The molecular weight excluding hydrogens is 218 g/mol. The lowest BCUT2D eigenvalue weighted by Crippen LogP contribution is -2.51. The lowest BCUT2D eigenvalue weighted by molar-refractivity contribution is -0.145. The van der Waals surface area contributed by atoms with Crippen molar-refractivity contribution >= 4 is 5.97 Å². The molecule has 0 saturated heterocycles. The second-order valence-electron chi connectivity index (χ2n) is 5.34. The molecule has 0 aliphatic heterocycles. The van der Waals surface area contributed by atoms with E-state index < -0.39 is 11.5 Å². The molecule has 0 aromatic carbocycles. The van der Waals surface area contributed by atoms with Crippen LogP contribution < -0.4 is 5.32 Å². The van der Waals surface area contributed by atoms with E-state index >= 15 is 0 Å². The predicted molar refractivity (Wildman–Crippen MR) is 69.3 cm³/mol. The van der Waals surface area contributed by atoms with Gasteiger partial charge in [-0.25, -0.2) is 0 Å². The van der Waals surface area contributed by atoms with Crippen molar-refractivity contribution in [2.75, 3.05) is 13.2 Å². The average Bonchev–Trinajstić information content (AvgIpc) is 2.21. The summed E-state index contributed by atoms with van der Waals surface area (Å²) in [6, 6.07) is 0. The highest BCUT2D eigenvalue weighted by Crippen LogP contribution is 2.19. The van der Waals surface area contributed by atoms with Gasteiger partial charge in [0.15, 0.2) is 0 Å². The van der Waals surface area contributed by atoms with Crippen LogP contribution in [0.5, 0.6) is 0 Å². The van der Waals surface area contributed by atoms with Gasteiger partial charge in [0.2, 0.25) is 0 Å². The van der Waals surface area contributed by atoms with Gasteiger partial charge in [-0.15, -0.1) is 0 Å². The summed E-state index contributed by atoms with van der Waals surface area (Å²) in [4.78, 5) is 11.3. The zero-order valence-electron chi connectivity index (χ0n) is 11.8. The lowest BCUT2D eigenvalue weighted by atomic mass is 9.90. The summed E-state index contributed by atoms with van der Waals surface area (Å²) in [5.74, 6) is -0.766.